The normalized spacial score (nSPS) is 15.1. The number of hydrogen-bond acceptors (Lipinski definition) is 6. The highest BCUT2D eigenvalue weighted by Gasteiger charge is 2.31. The summed E-state index contributed by atoms with van der Waals surface area (Å²) in [5.41, 5.74) is 3.59. The predicted molar refractivity (Wildman–Crippen MR) is 119 cm³/mol. The minimum absolute atomic E-state index is 0.0673. The van der Waals surface area contributed by atoms with Crippen LogP contribution in [0.1, 0.15) is 29.8 Å². The Labute approximate surface area is 181 Å². The summed E-state index contributed by atoms with van der Waals surface area (Å²) in [5, 5.41) is 5.98. The second-order valence-corrected chi connectivity index (χ2v) is 9.84. The topological polar surface area (TPSA) is 113 Å². The molecule has 3 aromatic rings. The van der Waals surface area contributed by atoms with Gasteiger partial charge in [-0.3, -0.25) is 4.79 Å². The molecule has 1 amide bonds. The standard InChI is InChI=1S/C22H23N5O3S/c1-22(2)13-25-20(28)17-8-7-14(11-18(17)22)19-9-10-24-21(27-19)26-15-5-4-6-16(12-15)31(29,30)23-3/h4-12,23H,13H2,1-3H3,(H,25,28)(H,24,26,27). The molecule has 0 unspecified atom stereocenters. The van der Waals surface area contributed by atoms with Crippen molar-refractivity contribution >= 4 is 27.6 Å². The van der Waals surface area contributed by atoms with Gasteiger partial charge in [-0.2, -0.15) is 0 Å². The van der Waals surface area contributed by atoms with Gasteiger partial charge in [0.25, 0.3) is 5.91 Å². The van der Waals surface area contributed by atoms with Crippen LogP contribution in [0.4, 0.5) is 11.6 Å². The van der Waals surface area contributed by atoms with Gasteiger partial charge in [0, 0.05) is 35.0 Å². The van der Waals surface area contributed by atoms with Crippen molar-refractivity contribution in [3.05, 3.63) is 65.9 Å². The minimum Gasteiger partial charge on any atom is -0.351 e. The van der Waals surface area contributed by atoms with Crippen LogP contribution in [0.3, 0.4) is 0 Å². The molecule has 2 aromatic carbocycles. The summed E-state index contributed by atoms with van der Waals surface area (Å²) >= 11 is 0. The Morgan fingerprint density at radius 2 is 1.90 bits per heavy atom. The fraction of sp³-hybridized carbons (Fsp3) is 0.227. The largest absolute Gasteiger partial charge is 0.351 e. The van der Waals surface area contributed by atoms with Crippen LogP contribution in [0.25, 0.3) is 11.3 Å². The molecule has 0 radical (unpaired) electrons. The number of rotatable bonds is 5. The predicted octanol–water partition coefficient (Wildman–Crippen LogP) is 2.82. The number of hydrogen-bond donors (Lipinski definition) is 3. The van der Waals surface area contributed by atoms with Gasteiger partial charge in [-0.25, -0.2) is 23.1 Å². The second kappa shape index (κ2) is 7.75. The van der Waals surface area contributed by atoms with Gasteiger partial charge in [0.05, 0.1) is 10.6 Å². The molecule has 3 N–H and O–H groups in total. The third-order valence-corrected chi connectivity index (χ3v) is 6.72. The number of fused-ring (bicyclic) bond motifs is 1. The molecule has 0 atom stereocenters. The third-order valence-electron chi connectivity index (χ3n) is 5.30. The van der Waals surface area contributed by atoms with Gasteiger partial charge in [0.1, 0.15) is 0 Å². The SMILES string of the molecule is CNS(=O)(=O)c1cccc(Nc2nccc(-c3ccc4c(c3)C(C)(C)CNC4=O)n2)c1. The van der Waals surface area contributed by atoms with Gasteiger partial charge in [0.2, 0.25) is 16.0 Å². The van der Waals surface area contributed by atoms with E-state index >= 15 is 0 Å². The van der Waals surface area contributed by atoms with Crippen LogP contribution in [0.2, 0.25) is 0 Å². The molecule has 1 aliphatic rings. The van der Waals surface area contributed by atoms with Crippen LogP contribution in [-0.2, 0) is 15.4 Å². The molecule has 0 fully saturated rings. The van der Waals surface area contributed by atoms with E-state index in [1.165, 1.54) is 19.2 Å². The first-order valence-electron chi connectivity index (χ1n) is 9.76. The minimum atomic E-state index is -3.55. The molecule has 1 aliphatic heterocycles. The number of nitrogens with one attached hydrogen (secondary N) is 3. The van der Waals surface area contributed by atoms with E-state index in [4.69, 9.17) is 0 Å². The van der Waals surface area contributed by atoms with Crippen molar-refractivity contribution in [3.8, 4) is 11.3 Å². The molecule has 0 saturated carbocycles. The van der Waals surface area contributed by atoms with E-state index in [2.05, 4.69) is 39.2 Å². The van der Waals surface area contributed by atoms with Crippen molar-refractivity contribution < 1.29 is 13.2 Å². The third kappa shape index (κ3) is 4.14. The van der Waals surface area contributed by atoms with Gasteiger partial charge < -0.3 is 10.6 Å². The van der Waals surface area contributed by atoms with E-state index in [-0.39, 0.29) is 16.2 Å². The maximum absolute atomic E-state index is 12.2. The zero-order valence-corrected chi connectivity index (χ0v) is 18.2. The van der Waals surface area contributed by atoms with Gasteiger partial charge in [0.15, 0.2) is 0 Å². The summed E-state index contributed by atoms with van der Waals surface area (Å²) in [6, 6.07) is 13.9. The Kier molecular flexibility index (Phi) is 5.24. The molecule has 9 heteroatoms. The first-order valence-corrected chi connectivity index (χ1v) is 11.2. The summed E-state index contributed by atoms with van der Waals surface area (Å²) in [6.07, 6.45) is 1.64. The average molecular weight is 438 g/mol. The van der Waals surface area contributed by atoms with E-state index in [0.29, 0.717) is 29.4 Å². The molecule has 2 heterocycles. The summed E-state index contributed by atoms with van der Waals surface area (Å²) in [6.45, 7) is 4.76. The molecule has 31 heavy (non-hydrogen) atoms. The van der Waals surface area contributed by atoms with Gasteiger partial charge in [-0.1, -0.05) is 26.0 Å². The highest BCUT2D eigenvalue weighted by Crippen LogP contribution is 2.33. The Morgan fingerprint density at radius 1 is 1.10 bits per heavy atom. The smallest absolute Gasteiger partial charge is 0.251 e. The molecular weight excluding hydrogens is 414 g/mol. The number of anilines is 2. The zero-order valence-electron chi connectivity index (χ0n) is 17.4. The Balaban J connectivity index is 1.66. The number of carbonyl (C=O) groups excluding carboxylic acids is 1. The molecule has 1 aromatic heterocycles. The van der Waals surface area contributed by atoms with Crippen molar-refractivity contribution in [1.29, 1.82) is 0 Å². The fourth-order valence-electron chi connectivity index (χ4n) is 3.52. The maximum atomic E-state index is 12.2. The molecule has 160 valence electrons. The number of carbonyl (C=O) groups is 1. The van der Waals surface area contributed by atoms with Crippen LogP contribution in [-0.4, -0.2) is 37.9 Å². The number of aromatic nitrogens is 2. The van der Waals surface area contributed by atoms with Crippen LogP contribution >= 0.6 is 0 Å². The summed E-state index contributed by atoms with van der Waals surface area (Å²) in [5.74, 6) is 0.272. The first-order chi connectivity index (χ1) is 14.7. The molecule has 0 spiro atoms. The molecule has 4 rings (SSSR count). The lowest BCUT2D eigenvalue weighted by Crippen LogP contribution is -2.43. The lowest BCUT2D eigenvalue weighted by Gasteiger charge is -2.32. The summed E-state index contributed by atoms with van der Waals surface area (Å²) in [4.78, 5) is 21.2. The average Bonchev–Trinajstić information content (AvgIpc) is 2.77. The lowest BCUT2D eigenvalue weighted by atomic mass is 9.78. The van der Waals surface area contributed by atoms with Crippen molar-refractivity contribution in [1.82, 2.24) is 20.0 Å². The Hall–Kier alpha value is -3.30. The van der Waals surface area contributed by atoms with Crippen LogP contribution < -0.4 is 15.4 Å². The van der Waals surface area contributed by atoms with Crippen molar-refractivity contribution in [2.75, 3.05) is 18.9 Å². The second-order valence-electron chi connectivity index (χ2n) is 7.95. The number of amides is 1. The summed E-state index contributed by atoms with van der Waals surface area (Å²) in [7, 11) is -2.19. The Morgan fingerprint density at radius 3 is 2.68 bits per heavy atom. The van der Waals surface area contributed by atoms with E-state index in [1.807, 2.05) is 18.2 Å². The molecule has 0 saturated heterocycles. The lowest BCUT2D eigenvalue weighted by molar-refractivity contribution is 0.0930. The first kappa shape index (κ1) is 21.0. The van der Waals surface area contributed by atoms with Crippen LogP contribution in [0.5, 0.6) is 0 Å². The van der Waals surface area contributed by atoms with E-state index in [1.54, 1.807) is 24.4 Å². The quantitative estimate of drug-likeness (QED) is 0.566. The summed E-state index contributed by atoms with van der Waals surface area (Å²) < 4.78 is 26.4. The molecule has 0 aliphatic carbocycles. The zero-order chi connectivity index (χ0) is 22.2. The van der Waals surface area contributed by atoms with E-state index in [0.717, 1.165) is 11.1 Å². The van der Waals surface area contributed by atoms with Crippen molar-refractivity contribution in [2.45, 2.75) is 24.2 Å². The monoisotopic (exact) mass is 437 g/mol. The molecule has 0 bridgehead atoms. The maximum Gasteiger partial charge on any atom is 0.251 e. The Bertz CT molecular complexity index is 1270. The number of benzene rings is 2. The van der Waals surface area contributed by atoms with E-state index in [9.17, 15) is 13.2 Å². The van der Waals surface area contributed by atoms with Crippen molar-refractivity contribution in [3.63, 3.8) is 0 Å². The van der Waals surface area contributed by atoms with Gasteiger partial charge in [-0.05, 0) is 49.0 Å². The highest BCUT2D eigenvalue weighted by atomic mass is 32.2. The highest BCUT2D eigenvalue weighted by molar-refractivity contribution is 7.89. The van der Waals surface area contributed by atoms with Gasteiger partial charge in [-0.15, -0.1) is 0 Å². The molecular formula is C22H23N5O3S. The molecule has 8 nitrogen and oxygen atoms in total. The van der Waals surface area contributed by atoms with Crippen LogP contribution in [0.15, 0.2) is 59.6 Å². The van der Waals surface area contributed by atoms with Crippen molar-refractivity contribution in [2.24, 2.45) is 0 Å². The number of nitrogens with zero attached hydrogens (tertiary/aromatic N) is 2. The number of sulfonamides is 1. The van der Waals surface area contributed by atoms with E-state index < -0.39 is 10.0 Å². The van der Waals surface area contributed by atoms with Gasteiger partial charge >= 0.3 is 0 Å². The van der Waals surface area contributed by atoms with Crippen LogP contribution in [0, 0.1) is 0 Å². The fourth-order valence-corrected chi connectivity index (χ4v) is 4.30.